The molecule has 0 aliphatic carbocycles. The van der Waals surface area contributed by atoms with Gasteiger partial charge in [0.1, 0.15) is 11.5 Å². The van der Waals surface area contributed by atoms with Crippen LogP contribution in [0.5, 0.6) is 11.5 Å². The summed E-state index contributed by atoms with van der Waals surface area (Å²) < 4.78 is 6.55. The van der Waals surface area contributed by atoms with Gasteiger partial charge in [-0.05, 0) is 35.0 Å². The van der Waals surface area contributed by atoms with E-state index < -0.39 is 0 Å². The Balaban J connectivity index is 2.39. The van der Waals surface area contributed by atoms with E-state index in [1.54, 1.807) is 12.1 Å². The lowest BCUT2D eigenvalue weighted by Crippen LogP contribution is -2.06. The van der Waals surface area contributed by atoms with E-state index in [9.17, 15) is 0 Å². The molecule has 2 aromatic rings. The van der Waals surface area contributed by atoms with Gasteiger partial charge in [-0.1, -0.05) is 41.4 Å². The number of ether oxygens (including phenoxy) is 1. The molecule has 19 heavy (non-hydrogen) atoms. The molecule has 2 aromatic carbocycles. The summed E-state index contributed by atoms with van der Waals surface area (Å²) in [6.07, 6.45) is 0. The zero-order valence-corrected chi connectivity index (χ0v) is 13.3. The molecule has 0 unspecified atom stereocenters. The Morgan fingerprint density at radius 3 is 2.47 bits per heavy atom. The van der Waals surface area contributed by atoms with E-state index in [0.717, 1.165) is 10.0 Å². The van der Waals surface area contributed by atoms with Gasteiger partial charge in [0, 0.05) is 22.1 Å². The normalized spacial score (nSPS) is 12.3. The molecule has 0 aliphatic heterocycles. The van der Waals surface area contributed by atoms with E-state index in [1.165, 1.54) is 0 Å². The van der Waals surface area contributed by atoms with Crippen molar-refractivity contribution in [2.45, 2.75) is 13.0 Å². The molecule has 0 amide bonds. The van der Waals surface area contributed by atoms with E-state index in [-0.39, 0.29) is 6.04 Å². The highest BCUT2D eigenvalue weighted by molar-refractivity contribution is 9.10. The predicted molar refractivity (Wildman–Crippen MR) is 83.3 cm³/mol. The van der Waals surface area contributed by atoms with Crippen LogP contribution in [0.15, 0.2) is 40.9 Å². The molecule has 2 N–H and O–H groups in total. The van der Waals surface area contributed by atoms with E-state index in [4.69, 9.17) is 33.7 Å². The monoisotopic (exact) mass is 359 g/mol. The fourth-order valence-corrected chi connectivity index (χ4v) is 2.48. The number of benzene rings is 2. The molecule has 5 heteroatoms. The highest BCUT2D eigenvalue weighted by atomic mass is 79.9. The molecule has 0 bridgehead atoms. The number of hydrogen-bond acceptors (Lipinski definition) is 2. The van der Waals surface area contributed by atoms with E-state index >= 15 is 0 Å². The molecule has 0 spiro atoms. The van der Waals surface area contributed by atoms with Gasteiger partial charge in [-0.15, -0.1) is 0 Å². The molecule has 0 fully saturated rings. The maximum atomic E-state index is 6.14. The molecule has 0 saturated heterocycles. The Labute approximate surface area is 130 Å². The lowest BCUT2D eigenvalue weighted by Gasteiger charge is -2.14. The second-order valence-corrected chi connectivity index (χ2v) is 5.79. The van der Waals surface area contributed by atoms with Crippen LogP contribution >= 0.6 is 39.1 Å². The van der Waals surface area contributed by atoms with Gasteiger partial charge in [-0.25, -0.2) is 0 Å². The molecular formula is C14H12BrCl2NO. The molecule has 2 rings (SSSR count). The zero-order valence-electron chi connectivity index (χ0n) is 10.2. The highest BCUT2D eigenvalue weighted by Gasteiger charge is 2.12. The Morgan fingerprint density at radius 1 is 1.11 bits per heavy atom. The van der Waals surface area contributed by atoms with Crippen molar-refractivity contribution < 1.29 is 4.74 Å². The molecule has 0 saturated carbocycles. The first-order valence-electron chi connectivity index (χ1n) is 5.66. The summed E-state index contributed by atoms with van der Waals surface area (Å²) in [5.74, 6) is 1.18. The minimum atomic E-state index is -0.124. The second-order valence-electron chi connectivity index (χ2n) is 4.13. The Bertz CT molecular complexity index is 602. The van der Waals surface area contributed by atoms with Crippen LogP contribution in [0.2, 0.25) is 10.0 Å². The Kier molecular flexibility index (Phi) is 4.74. The number of nitrogens with two attached hydrogens (primary N) is 1. The van der Waals surface area contributed by atoms with Gasteiger partial charge in [-0.3, -0.25) is 0 Å². The molecule has 100 valence electrons. The Hall–Kier alpha value is -0.740. The van der Waals surface area contributed by atoms with Crippen LogP contribution < -0.4 is 10.5 Å². The highest BCUT2D eigenvalue weighted by Crippen LogP contribution is 2.38. The SMILES string of the molecule is C[C@H](N)c1ccccc1Oc1cc(Cl)c(Br)cc1Cl. The average Bonchev–Trinajstić information content (AvgIpc) is 2.36. The molecule has 0 radical (unpaired) electrons. The van der Waals surface area contributed by atoms with Gasteiger partial charge in [0.25, 0.3) is 0 Å². The summed E-state index contributed by atoms with van der Waals surface area (Å²) in [7, 11) is 0. The third-order valence-corrected chi connectivity index (χ3v) is 4.10. The summed E-state index contributed by atoms with van der Waals surface area (Å²) >= 11 is 15.5. The first-order chi connectivity index (χ1) is 8.99. The number of hydrogen-bond donors (Lipinski definition) is 1. The van der Waals surface area contributed by atoms with Crippen molar-refractivity contribution in [3.8, 4) is 11.5 Å². The van der Waals surface area contributed by atoms with Crippen molar-refractivity contribution in [3.05, 3.63) is 56.5 Å². The summed E-state index contributed by atoms with van der Waals surface area (Å²) in [4.78, 5) is 0. The summed E-state index contributed by atoms with van der Waals surface area (Å²) in [5, 5.41) is 1.02. The maximum absolute atomic E-state index is 6.14. The van der Waals surface area contributed by atoms with E-state index in [1.807, 2.05) is 31.2 Å². The van der Waals surface area contributed by atoms with E-state index in [2.05, 4.69) is 15.9 Å². The minimum absolute atomic E-state index is 0.124. The molecule has 0 aromatic heterocycles. The van der Waals surface area contributed by atoms with Gasteiger partial charge in [0.15, 0.2) is 0 Å². The van der Waals surface area contributed by atoms with Crippen molar-refractivity contribution >= 4 is 39.1 Å². The van der Waals surface area contributed by atoms with Crippen LogP contribution in [-0.4, -0.2) is 0 Å². The molecule has 1 atom stereocenters. The largest absolute Gasteiger partial charge is 0.455 e. The van der Waals surface area contributed by atoms with Crippen LogP contribution in [-0.2, 0) is 0 Å². The lowest BCUT2D eigenvalue weighted by atomic mass is 10.1. The standard InChI is InChI=1S/C14H12BrCl2NO/c1-8(18)9-4-2-3-5-13(9)19-14-7-11(16)10(15)6-12(14)17/h2-8H,18H2,1H3/t8-/m0/s1. The maximum Gasteiger partial charge on any atom is 0.147 e. The van der Waals surface area contributed by atoms with Gasteiger partial charge in [0.2, 0.25) is 0 Å². The van der Waals surface area contributed by atoms with E-state index in [0.29, 0.717) is 21.5 Å². The van der Waals surface area contributed by atoms with Gasteiger partial charge in [0.05, 0.1) is 10.0 Å². The summed E-state index contributed by atoms with van der Waals surface area (Å²) in [6, 6.07) is 10.8. The average molecular weight is 361 g/mol. The van der Waals surface area contributed by atoms with Gasteiger partial charge in [-0.2, -0.15) is 0 Å². The van der Waals surface area contributed by atoms with Crippen LogP contribution in [0.4, 0.5) is 0 Å². The fourth-order valence-electron chi connectivity index (χ4n) is 1.65. The fraction of sp³-hybridized carbons (Fsp3) is 0.143. The predicted octanol–water partition coefficient (Wildman–Crippen LogP) is 5.57. The van der Waals surface area contributed by atoms with Gasteiger partial charge < -0.3 is 10.5 Å². The lowest BCUT2D eigenvalue weighted by molar-refractivity contribution is 0.472. The number of halogens is 3. The first-order valence-corrected chi connectivity index (χ1v) is 7.21. The van der Waals surface area contributed by atoms with Crippen molar-refractivity contribution in [1.82, 2.24) is 0 Å². The zero-order chi connectivity index (χ0) is 14.0. The second kappa shape index (κ2) is 6.14. The van der Waals surface area contributed by atoms with Crippen molar-refractivity contribution in [2.24, 2.45) is 5.73 Å². The Morgan fingerprint density at radius 2 is 1.79 bits per heavy atom. The molecular weight excluding hydrogens is 349 g/mol. The molecule has 2 nitrogen and oxygen atoms in total. The van der Waals surface area contributed by atoms with Gasteiger partial charge >= 0.3 is 0 Å². The van der Waals surface area contributed by atoms with Crippen molar-refractivity contribution in [1.29, 1.82) is 0 Å². The summed E-state index contributed by atoms with van der Waals surface area (Å²) in [6.45, 7) is 1.90. The number of para-hydroxylation sites is 1. The summed E-state index contributed by atoms with van der Waals surface area (Å²) in [5.41, 5.74) is 6.83. The van der Waals surface area contributed by atoms with Crippen molar-refractivity contribution in [3.63, 3.8) is 0 Å². The van der Waals surface area contributed by atoms with Crippen LogP contribution in [0.1, 0.15) is 18.5 Å². The third kappa shape index (κ3) is 3.42. The van der Waals surface area contributed by atoms with Crippen LogP contribution in [0, 0.1) is 0 Å². The molecule has 0 heterocycles. The molecule has 0 aliphatic rings. The first kappa shape index (κ1) is 14.7. The van der Waals surface area contributed by atoms with Crippen LogP contribution in [0.25, 0.3) is 0 Å². The minimum Gasteiger partial charge on any atom is -0.455 e. The van der Waals surface area contributed by atoms with Crippen LogP contribution in [0.3, 0.4) is 0 Å². The number of rotatable bonds is 3. The van der Waals surface area contributed by atoms with Crippen molar-refractivity contribution in [2.75, 3.05) is 0 Å². The topological polar surface area (TPSA) is 35.2 Å². The quantitative estimate of drug-likeness (QED) is 0.726. The smallest absolute Gasteiger partial charge is 0.147 e. The third-order valence-electron chi connectivity index (χ3n) is 2.60.